The highest BCUT2D eigenvalue weighted by Gasteiger charge is 2.36. The lowest BCUT2D eigenvalue weighted by Crippen LogP contribution is -2.54. The van der Waals surface area contributed by atoms with E-state index in [1.54, 1.807) is 36.0 Å². The molecule has 6 nitrogen and oxygen atoms in total. The van der Waals surface area contributed by atoms with Crippen LogP contribution in [0, 0.1) is 0 Å². The Labute approximate surface area is 154 Å². The van der Waals surface area contributed by atoms with Crippen molar-refractivity contribution in [3.05, 3.63) is 59.7 Å². The lowest BCUT2D eigenvalue weighted by atomic mass is 10.1. The van der Waals surface area contributed by atoms with Gasteiger partial charge in [0, 0.05) is 4.90 Å². The molecule has 0 atom stereocenters. The van der Waals surface area contributed by atoms with Crippen LogP contribution in [-0.2, 0) is 9.59 Å². The van der Waals surface area contributed by atoms with Gasteiger partial charge in [-0.3, -0.25) is 14.9 Å². The summed E-state index contributed by atoms with van der Waals surface area (Å²) in [6.07, 6.45) is 3.44. The summed E-state index contributed by atoms with van der Waals surface area (Å²) in [5.41, 5.74) is 0.951. The zero-order valence-corrected chi connectivity index (χ0v) is 15.0. The van der Waals surface area contributed by atoms with Gasteiger partial charge in [-0.2, -0.15) is 0 Å². The quantitative estimate of drug-likeness (QED) is 0.510. The molecule has 1 N–H and O–H groups in total. The minimum absolute atomic E-state index is 0.0997. The number of amides is 4. The van der Waals surface area contributed by atoms with Gasteiger partial charge in [-0.25, -0.2) is 9.69 Å². The molecule has 0 spiro atoms. The monoisotopic (exact) mass is 368 g/mol. The fourth-order valence-electron chi connectivity index (χ4n) is 2.49. The normalized spacial score (nSPS) is 16.0. The summed E-state index contributed by atoms with van der Waals surface area (Å²) < 4.78 is 5.08. The summed E-state index contributed by atoms with van der Waals surface area (Å²) >= 11 is 1.60. The number of methoxy groups -OCH3 is 1. The minimum Gasteiger partial charge on any atom is -0.497 e. The van der Waals surface area contributed by atoms with Crippen LogP contribution in [0.2, 0.25) is 0 Å². The maximum Gasteiger partial charge on any atom is 0.335 e. The number of nitrogens with zero attached hydrogens (tertiary/aromatic N) is 1. The maximum atomic E-state index is 12.8. The van der Waals surface area contributed by atoms with Gasteiger partial charge in [-0.15, -0.1) is 11.8 Å². The summed E-state index contributed by atoms with van der Waals surface area (Å²) in [4.78, 5) is 39.1. The first-order valence-electron chi connectivity index (χ1n) is 7.73. The average Bonchev–Trinajstić information content (AvgIpc) is 2.66. The van der Waals surface area contributed by atoms with Crippen LogP contribution in [0.5, 0.6) is 5.75 Å². The molecule has 1 saturated heterocycles. The van der Waals surface area contributed by atoms with E-state index < -0.39 is 17.8 Å². The lowest BCUT2D eigenvalue weighted by Gasteiger charge is -2.26. The SMILES string of the molecule is COc1ccc(N2C(=O)NC(=O)/C(=C\c3ccc(SC)cc3)C2=O)cc1. The second kappa shape index (κ2) is 7.45. The number of ether oxygens (including phenoxy) is 1. The van der Waals surface area contributed by atoms with E-state index in [0.29, 0.717) is 17.0 Å². The van der Waals surface area contributed by atoms with E-state index in [2.05, 4.69) is 5.32 Å². The molecule has 1 fully saturated rings. The van der Waals surface area contributed by atoms with E-state index in [1.165, 1.54) is 13.2 Å². The number of benzene rings is 2. The third kappa shape index (κ3) is 3.48. The Morgan fingerprint density at radius 1 is 1.00 bits per heavy atom. The molecule has 3 rings (SSSR count). The van der Waals surface area contributed by atoms with Crippen molar-refractivity contribution < 1.29 is 19.1 Å². The van der Waals surface area contributed by atoms with Crippen LogP contribution in [0.25, 0.3) is 6.08 Å². The van der Waals surface area contributed by atoms with Crippen molar-refractivity contribution in [2.24, 2.45) is 0 Å². The molecular weight excluding hydrogens is 352 g/mol. The number of nitrogens with one attached hydrogen (secondary N) is 1. The molecule has 1 aliphatic rings. The van der Waals surface area contributed by atoms with Gasteiger partial charge in [0.1, 0.15) is 11.3 Å². The molecule has 0 bridgehead atoms. The number of urea groups is 1. The topological polar surface area (TPSA) is 75.7 Å². The summed E-state index contributed by atoms with van der Waals surface area (Å²) in [5, 5.41) is 2.20. The number of hydrogen-bond acceptors (Lipinski definition) is 5. The highest BCUT2D eigenvalue weighted by atomic mass is 32.2. The van der Waals surface area contributed by atoms with Crippen molar-refractivity contribution in [3.8, 4) is 5.75 Å². The highest BCUT2D eigenvalue weighted by molar-refractivity contribution is 7.98. The molecule has 0 aliphatic carbocycles. The molecule has 0 saturated carbocycles. The van der Waals surface area contributed by atoms with E-state index in [0.717, 1.165) is 9.80 Å². The Bertz CT molecular complexity index is 889. The van der Waals surface area contributed by atoms with Gasteiger partial charge in [-0.1, -0.05) is 12.1 Å². The largest absolute Gasteiger partial charge is 0.497 e. The number of hydrogen-bond donors (Lipinski definition) is 1. The van der Waals surface area contributed by atoms with Gasteiger partial charge in [0.15, 0.2) is 0 Å². The van der Waals surface area contributed by atoms with Gasteiger partial charge in [0.2, 0.25) is 0 Å². The molecule has 2 aromatic carbocycles. The predicted octanol–water partition coefficient (Wildman–Crippen LogP) is 3.08. The van der Waals surface area contributed by atoms with E-state index in [-0.39, 0.29) is 5.57 Å². The van der Waals surface area contributed by atoms with Gasteiger partial charge < -0.3 is 4.74 Å². The molecule has 1 heterocycles. The van der Waals surface area contributed by atoms with Crippen molar-refractivity contribution in [2.75, 3.05) is 18.3 Å². The second-order valence-electron chi connectivity index (χ2n) is 5.43. The number of thioether (sulfide) groups is 1. The predicted molar refractivity (Wildman–Crippen MR) is 100 cm³/mol. The first kappa shape index (κ1) is 17.8. The Kier molecular flexibility index (Phi) is 5.09. The van der Waals surface area contributed by atoms with E-state index >= 15 is 0 Å². The first-order valence-corrected chi connectivity index (χ1v) is 8.95. The molecule has 2 aromatic rings. The smallest absolute Gasteiger partial charge is 0.335 e. The Balaban J connectivity index is 1.95. The zero-order chi connectivity index (χ0) is 18.7. The molecule has 4 amide bonds. The summed E-state index contributed by atoms with van der Waals surface area (Å²) in [6, 6.07) is 13.1. The summed E-state index contributed by atoms with van der Waals surface area (Å²) in [5.74, 6) is -0.782. The van der Waals surface area contributed by atoms with Crippen molar-refractivity contribution in [2.45, 2.75) is 4.90 Å². The lowest BCUT2D eigenvalue weighted by molar-refractivity contribution is -0.122. The minimum atomic E-state index is -0.778. The van der Waals surface area contributed by atoms with Crippen LogP contribution in [0.3, 0.4) is 0 Å². The average molecular weight is 368 g/mol. The summed E-state index contributed by atoms with van der Waals surface area (Å²) in [6.45, 7) is 0. The Morgan fingerprint density at radius 2 is 1.65 bits per heavy atom. The van der Waals surface area contributed by atoms with Crippen molar-refractivity contribution >= 4 is 41.4 Å². The van der Waals surface area contributed by atoms with Gasteiger partial charge in [-0.05, 0) is 54.3 Å². The molecule has 1 aliphatic heterocycles. The van der Waals surface area contributed by atoms with Crippen LogP contribution in [-0.4, -0.2) is 31.2 Å². The highest BCUT2D eigenvalue weighted by Crippen LogP contribution is 2.24. The maximum absolute atomic E-state index is 12.8. The number of barbiturate groups is 1. The van der Waals surface area contributed by atoms with Crippen LogP contribution in [0.15, 0.2) is 59.0 Å². The number of anilines is 1. The molecule has 26 heavy (non-hydrogen) atoms. The third-order valence-electron chi connectivity index (χ3n) is 3.86. The van der Waals surface area contributed by atoms with E-state index in [9.17, 15) is 14.4 Å². The second-order valence-corrected chi connectivity index (χ2v) is 6.31. The molecular formula is C19H16N2O4S. The van der Waals surface area contributed by atoms with E-state index in [1.807, 2.05) is 30.5 Å². The number of carbonyl (C=O) groups is 3. The van der Waals surface area contributed by atoms with Crippen LogP contribution in [0.1, 0.15) is 5.56 Å². The molecule has 0 unspecified atom stereocenters. The Morgan fingerprint density at radius 3 is 2.23 bits per heavy atom. The first-order chi connectivity index (χ1) is 12.5. The number of imide groups is 2. The van der Waals surface area contributed by atoms with Gasteiger partial charge in [0.05, 0.1) is 12.8 Å². The third-order valence-corrected chi connectivity index (χ3v) is 4.60. The molecule has 7 heteroatoms. The van der Waals surface area contributed by atoms with Crippen LogP contribution in [0.4, 0.5) is 10.5 Å². The molecule has 0 radical (unpaired) electrons. The van der Waals surface area contributed by atoms with Crippen LogP contribution >= 0.6 is 11.8 Å². The zero-order valence-electron chi connectivity index (χ0n) is 14.2. The number of carbonyl (C=O) groups excluding carboxylic acids is 3. The van der Waals surface area contributed by atoms with Crippen LogP contribution < -0.4 is 15.0 Å². The summed E-state index contributed by atoms with van der Waals surface area (Å²) in [7, 11) is 1.52. The molecule has 0 aromatic heterocycles. The molecule has 132 valence electrons. The Hall–Kier alpha value is -3.06. The van der Waals surface area contributed by atoms with Crippen molar-refractivity contribution in [3.63, 3.8) is 0 Å². The van der Waals surface area contributed by atoms with E-state index in [4.69, 9.17) is 4.74 Å². The van der Waals surface area contributed by atoms with Crippen molar-refractivity contribution in [1.82, 2.24) is 5.32 Å². The fourth-order valence-corrected chi connectivity index (χ4v) is 2.90. The standard InChI is InChI=1S/C19H16N2O4S/c1-25-14-7-5-13(6-8-14)21-18(23)16(17(22)20-19(21)24)11-12-3-9-15(26-2)10-4-12/h3-11H,1-2H3,(H,20,22,24)/b16-11+. The van der Waals surface area contributed by atoms with Crippen molar-refractivity contribution in [1.29, 1.82) is 0 Å². The number of rotatable bonds is 4. The fraction of sp³-hybridized carbons (Fsp3) is 0.105. The van der Waals surface area contributed by atoms with Gasteiger partial charge >= 0.3 is 6.03 Å². The van der Waals surface area contributed by atoms with Gasteiger partial charge in [0.25, 0.3) is 11.8 Å².